The minimum absolute atomic E-state index is 0.369. The minimum atomic E-state index is 0.369. The van der Waals surface area contributed by atoms with Crippen molar-refractivity contribution in [3.63, 3.8) is 0 Å². The van der Waals surface area contributed by atoms with Gasteiger partial charge in [0.05, 0.1) is 6.04 Å². The van der Waals surface area contributed by atoms with Crippen molar-refractivity contribution in [2.24, 2.45) is 0 Å². The second-order valence-electron chi connectivity index (χ2n) is 4.04. The zero-order valence-electron chi connectivity index (χ0n) is 10.4. The number of nitrogens with one attached hydrogen (secondary N) is 1. The molecule has 1 aromatic heterocycles. The lowest BCUT2D eigenvalue weighted by atomic mass is 10.2. The highest BCUT2D eigenvalue weighted by atomic mass is 32.2. The van der Waals surface area contributed by atoms with Crippen molar-refractivity contribution in [3.8, 4) is 0 Å². The molecule has 2 aromatic rings. The van der Waals surface area contributed by atoms with Crippen LogP contribution in [0.15, 0.2) is 41.3 Å². The third-order valence-electron chi connectivity index (χ3n) is 2.66. The predicted molar refractivity (Wildman–Crippen MR) is 79.3 cm³/mol. The van der Waals surface area contributed by atoms with Gasteiger partial charge in [0.25, 0.3) is 0 Å². The van der Waals surface area contributed by atoms with E-state index in [1.807, 2.05) is 11.3 Å². The van der Waals surface area contributed by atoms with Crippen molar-refractivity contribution in [3.05, 3.63) is 46.2 Å². The number of benzene rings is 1. The van der Waals surface area contributed by atoms with E-state index < -0.39 is 0 Å². The van der Waals surface area contributed by atoms with E-state index in [0.29, 0.717) is 6.04 Å². The van der Waals surface area contributed by atoms with Gasteiger partial charge in [-0.25, -0.2) is 0 Å². The highest BCUT2D eigenvalue weighted by Crippen LogP contribution is 2.26. The Kier molecular flexibility index (Phi) is 4.13. The van der Waals surface area contributed by atoms with E-state index in [2.05, 4.69) is 61.8 Å². The molecule has 1 atom stereocenters. The van der Waals surface area contributed by atoms with Crippen LogP contribution in [0.5, 0.6) is 0 Å². The average Bonchev–Trinajstić information content (AvgIpc) is 2.77. The molecule has 0 fully saturated rings. The lowest BCUT2D eigenvalue weighted by Crippen LogP contribution is -2.04. The fraction of sp³-hybridized carbons (Fsp3) is 0.286. The van der Waals surface area contributed by atoms with Gasteiger partial charge in [-0.2, -0.15) is 0 Å². The van der Waals surface area contributed by atoms with Crippen LogP contribution >= 0.6 is 23.1 Å². The molecule has 1 heterocycles. The average molecular weight is 263 g/mol. The summed E-state index contributed by atoms with van der Waals surface area (Å²) in [5, 5.41) is 3.52. The van der Waals surface area contributed by atoms with Crippen LogP contribution < -0.4 is 5.32 Å². The number of rotatable bonds is 4. The summed E-state index contributed by atoms with van der Waals surface area (Å²) >= 11 is 3.63. The summed E-state index contributed by atoms with van der Waals surface area (Å²) in [6, 6.07) is 13.3. The van der Waals surface area contributed by atoms with Crippen LogP contribution in [0.3, 0.4) is 0 Å². The fourth-order valence-electron chi connectivity index (χ4n) is 1.69. The van der Waals surface area contributed by atoms with Crippen LogP contribution in [0.1, 0.15) is 22.7 Å². The molecule has 0 bridgehead atoms. The molecule has 1 aromatic carbocycles. The van der Waals surface area contributed by atoms with Crippen molar-refractivity contribution >= 4 is 28.8 Å². The third kappa shape index (κ3) is 3.27. The highest BCUT2D eigenvalue weighted by molar-refractivity contribution is 7.98. The number of thioether (sulfide) groups is 1. The fourth-order valence-corrected chi connectivity index (χ4v) is 2.98. The number of aryl methyl sites for hydroxylation is 1. The first-order valence-electron chi connectivity index (χ1n) is 5.66. The molecule has 0 aliphatic heterocycles. The number of hydrogen-bond donors (Lipinski definition) is 1. The van der Waals surface area contributed by atoms with Gasteiger partial charge in [-0.05, 0) is 56.5 Å². The van der Waals surface area contributed by atoms with E-state index in [0.717, 1.165) is 0 Å². The molecule has 0 aliphatic rings. The second-order valence-corrected chi connectivity index (χ2v) is 6.24. The summed E-state index contributed by atoms with van der Waals surface area (Å²) in [6.07, 6.45) is 2.10. The maximum atomic E-state index is 3.52. The standard InChI is InChI=1S/C14H17NS2/c1-10-4-9-14(17-10)11(2)15-12-5-7-13(16-3)8-6-12/h4-9,11,15H,1-3H3. The highest BCUT2D eigenvalue weighted by Gasteiger charge is 2.07. The Morgan fingerprint density at radius 3 is 2.35 bits per heavy atom. The number of hydrogen-bond acceptors (Lipinski definition) is 3. The molecule has 2 rings (SSSR count). The quantitative estimate of drug-likeness (QED) is 0.783. The van der Waals surface area contributed by atoms with Gasteiger partial charge in [0.2, 0.25) is 0 Å². The molecule has 3 heteroatoms. The van der Waals surface area contributed by atoms with Gasteiger partial charge in [0, 0.05) is 20.3 Å². The first kappa shape index (κ1) is 12.5. The first-order chi connectivity index (χ1) is 8.19. The summed E-state index contributed by atoms with van der Waals surface area (Å²) in [6.45, 7) is 4.35. The van der Waals surface area contributed by atoms with Gasteiger partial charge in [-0.15, -0.1) is 23.1 Å². The van der Waals surface area contributed by atoms with Gasteiger partial charge in [-0.3, -0.25) is 0 Å². The zero-order chi connectivity index (χ0) is 12.3. The van der Waals surface area contributed by atoms with Gasteiger partial charge >= 0.3 is 0 Å². The van der Waals surface area contributed by atoms with Gasteiger partial charge in [0.1, 0.15) is 0 Å². The summed E-state index contributed by atoms with van der Waals surface area (Å²) in [5.74, 6) is 0. The Morgan fingerprint density at radius 1 is 1.12 bits per heavy atom. The van der Waals surface area contributed by atoms with Gasteiger partial charge < -0.3 is 5.32 Å². The molecule has 0 radical (unpaired) electrons. The number of anilines is 1. The molecule has 90 valence electrons. The third-order valence-corrected chi connectivity index (χ3v) is 4.59. The molecule has 1 nitrogen and oxygen atoms in total. The molecule has 17 heavy (non-hydrogen) atoms. The monoisotopic (exact) mass is 263 g/mol. The Labute approximate surface area is 111 Å². The largest absolute Gasteiger partial charge is 0.378 e. The summed E-state index contributed by atoms with van der Waals surface area (Å²) in [5.41, 5.74) is 1.18. The molecule has 0 aliphatic carbocycles. The molecule has 0 saturated heterocycles. The van der Waals surface area contributed by atoms with Crippen LogP contribution in [0.4, 0.5) is 5.69 Å². The van der Waals surface area contributed by atoms with Crippen molar-refractivity contribution in [2.45, 2.75) is 24.8 Å². The van der Waals surface area contributed by atoms with Crippen molar-refractivity contribution in [1.82, 2.24) is 0 Å². The topological polar surface area (TPSA) is 12.0 Å². The van der Waals surface area contributed by atoms with E-state index in [9.17, 15) is 0 Å². The van der Waals surface area contributed by atoms with Crippen molar-refractivity contribution < 1.29 is 0 Å². The molecule has 0 spiro atoms. The van der Waals surface area contributed by atoms with E-state index in [4.69, 9.17) is 0 Å². The molecule has 0 amide bonds. The van der Waals surface area contributed by atoms with E-state index in [1.165, 1.54) is 20.3 Å². The van der Waals surface area contributed by atoms with E-state index in [1.54, 1.807) is 11.8 Å². The lowest BCUT2D eigenvalue weighted by Gasteiger charge is -2.13. The normalized spacial score (nSPS) is 12.4. The van der Waals surface area contributed by atoms with Crippen LogP contribution in [0.25, 0.3) is 0 Å². The molecular weight excluding hydrogens is 246 g/mol. The van der Waals surface area contributed by atoms with Crippen LogP contribution in [-0.2, 0) is 0 Å². The second kappa shape index (κ2) is 5.61. The van der Waals surface area contributed by atoms with Crippen molar-refractivity contribution in [2.75, 3.05) is 11.6 Å². The van der Waals surface area contributed by atoms with Crippen LogP contribution in [0, 0.1) is 6.92 Å². The summed E-state index contributed by atoms with van der Waals surface area (Å²) in [7, 11) is 0. The Hall–Kier alpha value is -0.930. The SMILES string of the molecule is CSc1ccc(NC(C)c2ccc(C)s2)cc1. The van der Waals surface area contributed by atoms with E-state index >= 15 is 0 Å². The molecule has 1 N–H and O–H groups in total. The smallest absolute Gasteiger partial charge is 0.0578 e. The molecule has 0 saturated carbocycles. The maximum Gasteiger partial charge on any atom is 0.0578 e. The summed E-state index contributed by atoms with van der Waals surface area (Å²) in [4.78, 5) is 4.05. The Bertz CT molecular complexity index is 473. The zero-order valence-corrected chi connectivity index (χ0v) is 12.0. The van der Waals surface area contributed by atoms with Gasteiger partial charge in [0.15, 0.2) is 0 Å². The number of thiophene rings is 1. The molecule has 1 unspecified atom stereocenters. The predicted octanol–water partition coefficient (Wildman–Crippen LogP) is 4.95. The summed E-state index contributed by atoms with van der Waals surface area (Å²) < 4.78 is 0. The lowest BCUT2D eigenvalue weighted by molar-refractivity contribution is 0.908. The maximum absolute atomic E-state index is 3.52. The minimum Gasteiger partial charge on any atom is -0.378 e. The molecular formula is C14H17NS2. The first-order valence-corrected chi connectivity index (χ1v) is 7.70. The Morgan fingerprint density at radius 2 is 1.82 bits per heavy atom. The van der Waals surface area contributed by atoms with E-state index in [-0.39, 0.29) is 0 Å². The van der Waals surface area contributed by atoms with Crippen LogP contribution in [0.2, 0.25) is 0 Å². The van der Waals surface area contributed by atoms with Crippen molar-refractivity contribution in [1.29, 1.82) is 0 Å². The van der Waals surface area contributed by atoms with Gasteiger partial charge in [-0.1, -0.05) is 0 Å². The van der Waals surface area contributed by atoms with Crippen LogP contribution in [-0.4, -0.2) is 6.26 Å². The Balaban J connectivity index is 2.04.